The van der Waals surface area contributed by atoms with Gasteiger partial charge in [-0.2, -0.15) is 5.10 Å². The highest BCUT2D eigenvalue weighted by Gasteiger charge is 2.20. The first-order chi connectivity index (χ1) is 12.2. The van der Waals surface area contributed by atoms with E-state index in [-0.39, 0.29) is 0 Å². The van der Waals surface area contributed by atoms with Crippen LogP contribution in [-0.2, 0) is 7.05 Å². The van der Waals surface area contributed by atoms with Crippen LogP contribution in [0.5, 0.6) is 5.75 Å². The van der Waals surface area contributed by atoms with Gasteiger partial charge in [-0.3, -0.25) is 4.68 Å². The zero-order chi connectivity index (χ0) is 17.2. The molecule has 3 aromatic rings. The summed E-state index contributed by atoms with van der Waals surface area (Å²) in [6.45, 7) is 1.58. The summed E-state index contributed by atoms with van der Waals surface area (Å²) in [6, 6.07) is 10.2. The van der Waals surface area contributed by atoms with Crippen LogP contribution in [0, 0.1) is 0 Å². The van der Waals surface area contributed by atoms with Gasteiger partial charge in [0.25, 0.3) is 0 Å². The molecule has 0 saturated carbocycles. The summed E-state index contributed by atoms with van der Waals surface area (Å²) in [5, 5.41) is 12.6. The van der Waals surface area contributed by atoms with Gasteiger partial charge in [0.2, 0.25) is 5.89 Å². The van der Waals surface area contributed by atoms with E-state index in [9.17, 15) is 0 Å². The molecule has 1 aromatic carbocycles. The van der Waals surface area contributed by atoms with Gasteiger partial charge >= 0.3 is 6.01 Å². The van der Waals surface area contributed by atoms with Gasteiger partial charge in [0.1, 0.15) is 5.75 Å². The van der Waals surface area contributed by atoms with E-state index in [0.717, 1.165) is 36.5 Å². The van der Waals surface area contributed by atoms with Crippen molar-refractivity contribution < 1.29 is 9.15 Å². The van der Waals surface area contributed by atoms with Gasteiger partial charge < -0.3 is 14.1 Å². The number of ether oxygens (including phenoxy) is 1. The normalized spacial score (nSPS) is 14.5. The number of hydrogen-bond acceptors (Lipinski definition) is 6. The predicted octanol–water partition coefficient (Wildman–Crippen LogP) is 2.77. The molecule has 25 heavy (non-hydrogen) atoms. The van der Waals surface area contributed by atoms with Gasteiger partial charge in [-0.1, -0.05) is 11.2 Å². The van der Waals surface area contributed by atoms with Gasteiger partial charge in [-0.15, -0.1) is 5.10 Å². The van der Waals surface area contributed by atoms with Crippen molar-refractivity contribution in [3.8, 4) is 17.2 Å². The minimum Gasteiger partial charge on any atom is -0.497 e. The molecule has 0 fully saturated rings. The molecule has 0 aliphatic carbocycles. The molecule has 1 aliphatic heterocycles. The monoisotopic (exact) mass is 337 g/mol. The second-order valence-electron chi connectivity index (χ2n) is 5.88. The Morgan fingerprint density at radius 3 is 2.60 bits per heavy atom. The Labute approximate surface area is 145 Å². The van der Waals surface area contributed by atoms with E-state index < -0.39 is 0 Å². The summed E-state index contributed by atoms with van der Waals surface area (Å²) >= 11 is 0. The van der Waals surface area contributed by atoms with Crippen LogP contribution >= 0.6 is 0 Å². The lowest BCUT2D eigenvalue weighted by atomic mass is 10.1. The van der Waals surface area contributed by atoms with Gasteiger partial charge in [-0.25, -0.2) is 0 Å². The third kappa shape index (κ3) is 3.00. The predicted molar refractivity (Wildman–Crippen MR) is 94.3 cm³/mol. The van der Waals surface area contributed by atoms with Crippen molar-refractivity contribution in [3.63, 3.8) is 0 Å². The van der Waals surface area contributed by atoms with Gasteiger partial charge in [0.15, 0.2) is 0 Å². The molecule has 4 rings (SSSR count). The summed E-state index contributed by atoms with van der Waals surface area (Å²) in [6.07, 6.45) is 4.93. The van der Waals surface area contributed by atoms with Gasteiger partial charge in [-0.05, 0) is 42.3 Å². The van der Waals surface area contributed by atoms with Crippen LogP contribution in [0.25, 0.3) is 17.0 Å². The second kappa shape index (κ2) is 6.43. The van der Waals surface area contributed by atoms with Gasteiger partial charge in [0.05, 0.1) is 12.8 Å². The van der Waals surface area contributed by atoms with Crippen LogP contribution in [0.15, 0.2) is 47.0 Å². The third-order valence-electron chi connectivity index (χ3n) is 4.38. The summed E-state index contributed by atoms with van der Waals surface area (Å²) in [5.74, 6) is 1.31. The fourth-order valence-electron chi connectivity index (χ4n) is 2.96. The molecule has 0 bridgehead atoms. The Balaban J connectivity index is 1.49. The van der Waals surface area contributed by atoms with Crippen molar-refractivity contribution in [2.75, 3.05) is 25.1 Å². The number of hydrogen-bond donors (Lipinski definition) is 0. The summed E-state index contributed by atoms with van der Waals surface area (Å²) in [7, 11) is 3.60. The summed E-state index contributed by atoms with van der Waals surface area (Å²) in [4.78, 5) is 2.08. The van der Waals surface area contributed by atoms with Crippen LogP contribution in [-0.4, -0.2) is 40.2 Å². The Morgan fingerprint density at radius 1 is 1.12 bits per heavy atom. The van der Waals surface area contributed by atoms with E-state index in [1.807, 2.05) is 48.3 Å². The van der Waals surface area contributed by atoms with Crippen molar-refractivity contribution in [1.82, 2.24) is 20.0 Å². The molecule has 3 heterocycles. The highest BCUT2D eigenvalue weighted by Crippen LogP contribution is 2.27. The summed E-state index contributed by atoms with van der Waals surface area (Å²) in [5.41, 5.74) is 3.33. The number of anilines is 1. The molecule has 7 nitrogen and oxygen atoms in total. The van der Waals surface area contributed by atoms with Gasteiger partial charge in [0, 0.05) is 31.9 Å². The molecule has 0 saturated heterocycles. The molecular formula is C18H19N5O2. The van der Waals surface area contributed by atoms with E-state index in [2.05, 4.69) is 26.3 Å². The first kappa shape index (κ1) is 15.4. The highest BCUT2D eigenvalue weighted by atomic mass is 16.5. The Kier molecular flexibility index (Phi) is 3.97. The number of aryl methyl sites for hydroxylation is 1. The van der Waals surface area contributed by atoms with Crippen LogP contribution in [0.2, 0.25) is 0 Å². The Bertz CT molecular complexity index is 894. The first-order valence-corrected chi connectivity index (χ1v) is 8.15. The SMILES string of the molecule is COc1ccc(-c2nnc(N3CC=C(c4ccnn4C)CC3)o2)cc1. The number of benzene rings is 1. The number of rotatable bonds is 4. The largest absolute Gasteiger partial charge is 0.497 e. The number of aromatic nitrogens is 4. The molecule has 128 valence electrons. The Morgan fingerprint density at radius 2 is 1.96 bits per heavy atom. The van der Waals surface area contributed by atoms with Crippen LogP contribution in [0.3, 0.4) is 0 Å². The molecular weight excluding hydrogens is 318 g/mol. The fourth-order valence-corrected chi connectivity index (χ4v) is 2.96. The molecule has 0 unspecified atom stereocenters. The number of nitrogens with zero attached hydrogens (tertiary/aromatic N) is 5. The minimum atomic E-state index is 0.513. The maximum Gasteiger partial charge on any atom is 0.318 e. The van der Waals surface area contributed by atoms with Crippen molar-refractivity contribution in [2.45, 2.75) is 6.42 Å². The maximum absolute atomic E-state index is 5.85. The van der Waals surface area contributed by atoms with E-state index in [0.29, 0.717) is 11.9 Å². The average Bonchev–Trinajstić information content (AvgIpc) is 3.31. The smallest absolute Gasteiger partial charge is 0.318 e. The molecule has 1 aliphatic rings. The first-order valence-electron chi connectivity index (χ1n) is 8.15. The zero-order valence-corrected chi connectivity index (χ0v) is 14.2. The molecule has 7 heteroatoms. The quantitative estimate of drug-likeness (QED) is 0.729. The maximum atomic E-state index is 5.85. The molecule has 0 radical (unpaired) electrons. The van der Waals surface area contributed by atoms with E-state index in [1.165, 1.54) is 5.57 Å². The van der Waals surface area contributed by atoms with Crippen LogP contribution in [0.4, 0.5) is 6.01 Å². The number of methoxy groups -OCH3 is 1. The standard InChI is InChI=1S/C18H19N5O2/c1-22-16(7-10-19-22)13-8-11-23(12-9-13)18-21-20-17(25-18)14-3-5-15(24-2)6-4-14/h3-8,10H,9,11-12H2,1-2H3. The van der Waals surface area contributed by atoms with Crippen molar-refractivity contribution >= 4 is 11.6 Å². The van der Waals surface area contributed by atoms with E-state index in [1.54, 1.807) is 7.11 Å². The topological polar surface area (TPSA) is 69.2 Å². The summed E-state index contributed by atoms with van der Waals surface area (Å²) < 4.78 is 12.9. The average molecular weight is 337 g/mol. The van der Waals surface area contributed by atoms with E-state index in [4.69, 9.17) is 9.15 Å². The van der Waals surface area contributed by atoms with Crippen LogP contribution in [0.1, 0.15) is 12.1 Å². The fraction of sp³-hybridized carbons (Fsp3) is 0.278. The van der Waals surface area contributed by atoms with Crippen molar-refractivity contribution in [1.29, 1.82) is 0 Å². The van der Waals surface area contributed by atoms with E-state index >= 15 is 0 Å². The lowest BCUT2D eigenvalue weighted by molar-refractivity contribution is 0.415. The third-order valence-corrected chi connectivity index (χ3v) is 4.38. The molecule has 2 aromatic heterocycles. The van der Waals surface area contributed by atoms with Crippen molar-refractivity contribution in [2.24, 2.45) is 7.05 Å². The molecule has 0 spiro atoms. The molecule has 0 atom stereocenters. The lowest BCUT2D eigenvalue weighted by Gasteiger charge is -2.24. The molecule has 0 N–H and O–H groups in total. The highest BCUT2D eigenvalue weighted by molar-refractivity contribution is 5.65. The zero-order valence-electron chi connectivity index (χ0n) is 14.2. The molecule has 0 amide bonds. The van der Waals surface area contributed by atoms with Crippen molar-refractivity contribution in [3.05, 3.63) is 48.3 Å². The lowest BCUT2D eigenvalue weighted by Crippen LogP contribution is -2.28. The minimum absolute atomic E-state index is 0.513. The Hall–Kier alpha value is -3.09. The van der Waals surface area contributed by atoms with Crippen LogP contribution < -0.4 is 9.64 Å². The second-order valence-corrected chi connectivity index (χ2v) is 5.88.